The van der Waals surface area contributed by atoms with Crippen molar-refractivity contribution in [1.82, 2.24) is 0 Å². The maximum atomic E-state index is 5.74. The molecule has 2 aliphatic rings. The van der Waals surface area contributed by atoms with Crippen LogP contribution >= 0.6 is 7.92 Å². The van der Waals surface area contributed by atoms with Crippen molar-refractivity contribution in [2.45, 2.75) is 31.8 Å². The van der Waals surface area contributed by atoms with E-state index in [9.17, 15) is 0 Å². The van der Waals surface area contributed by atoms with E-state index in [0.717, 1.165) is 0 Å². The number of hydrogen-bond acceptors (Lipinski definition) is 2. The first-order valence-electron chi connectivity index (χ1n) is 4.11. The van der Waals surface area contributed by atoms with E-state index in [0.29, 0.717) is 12.2 Å². The first-order valence-corrected chi connectivity index (χ1v) is 6.27. The molecule has 2 aliphatic heterocycles. The molecule has 0 aromatic carbocycles. The largest absolute Gasteiger partial charge is 0.344 e. The summed E-state index contributed by atoms with van der Waals surface area (Å²) < 4.78 is 11.5. The van der Waals surface area contributed by atoms with Gasteiger partial charge in [-0.1, -0.05) is 0 Å². The highest BCUT2D eigenvalue weighted by atomic mass is 31.1. The highest BCUT2D eigenvalue weighted by molar-refractivity contribution is 7.57. The summed E-state index contributed by atoms with van der Waals surface area (Å²) in [6.07, 6.45) is 3.29. The van der Waals surface area contributed by atoms with Gasteiger partial charge in [-0.3, -0.25) is 0 Å². The molecule has 11 heavy (non-hydrogen) atoms. The van der Waals surface area contributed by atoms with Gasteiger partial charge in [0.15, 0.2) is 5.79 Å². The van der Waals surface area contributed by atoms with Crippen LogP contribution in [-0.4, -0.2) is 37.0 Å². The lowest BCUT2D eigenvalue weighted by molar-refractivity contribution is -0.143. The van der Waals surface area contributed by atoms with Gasteiger partial charge >= 0.3 is 0 Å². The van der Waals surface area contributed by atoms with E-state index < -0.39 is 0 Å². The van der Waals surface area contributed by atoms with Crippen molar-refractivity contribution in [3.05, 3.63) is 0 Å². The van der Waals surface area contributed by atoms with E-state index in [-0.39, 0.29) is 13.7 Å². The highest BCUT2D eigenvalue weighted by Gasteiger charge is 2.45. The third-order valence-electron chi connectivity index (χ3n) is 2.27. The van der Waals surface area contributed by atoms with Crippen LogP contribution in [0.25, 0.3) is 0 Å². The number of rotatable bonds is 0. The zero-order chi connectivity index (χ0) is 8.06. The summed E-state index contributed by atoms with van der Waals surface area (Å²) in [6.45, 7) is 6.33. The Morgan fingerprint density at radius 2 is 1.64 bits per heavy atom. The molecule has 2 nitrogen and oxygen atoms in total. The van der Waals surface area contributed by atoms with Gasteiger partial charge in [0.2, 0.25) is 0 Å². The normalized spacial score (nSPS) is 47.7. The van der Waals surface area contributed by atoms with Crippen LogP contribution in [0.1, 0.15) is 13.8 Å². The molecule has 2 rings (SSSR count). The van der Waals surface area contributed by atoms with Gasteiger partial charge in [-0.2, -0.15) is 0 Å². The Labute approximate surface area is 69.0 Å². The Morgan fingerprint density at radius 3 is 2.09 bits per heavy atom. The molecule has 3 heteroatoms. The van der Waals surface area contributed by atoms with Crippen LogP contribution in [0.2, 0.25) is 0 Å². The van der Waals surface area contributed by atoms with Gasteiger partial charge in [0.25, 0.3) is 0 Å². The molecule has 0 radical (unpaired) electrons. The van der Waals surface area contributed by atoms with E-state index in [1.165, 1.54) is 12.3 Å². The molecule has 0 aromatic heterocycles. The zero-order valence-corrected chi connectivity index (χ0v) is 8.23. The van der Waals surface area contributed by atoms with E-state index in [1.807, 2.05) is 13.8 Å². The molecule has 2 unspecified atom stereocenters. The van der Waals surface area contributed by atoms with Crippen molar-refractivity contribution >= 4 is 7.92 Å². The quantitative estimate of drug-likeness (QED) is 0.520. The van der Waals surface area contributed by atoms with Gasteiger partial charge in [0, 0.05) is 0 Å². The number of ether oxygens (including phenoxy) is 2. The average molecular weight is 174 g/mol. The van der Waals surface area contributed by atoms with Crippen molar-refractivity contribution in [2.75, 3.05) is 19.0 Å². The second-order valence-corrected chi connectivity index (χ2v) is 6.38. The van der Waals surface area contributed by atoms with Crippen molar-refractivity contribution in [3.8, 4) is 0 Å². The first-order chi connectivity index (χ1) is 5.07. The topological polar surface area (TPSA) is 18.5 Å². The minimum absolute atomic E-state index is 0.210. The van der Waals surface area contributed by atoms with Crippen molar-refractivity contribution < 1.29 is 9.47 Å². The molecular formula is C8H15O2P. The molecule has 0 bridgehead atoms. The summed E-state index contributed by atoms with van der Waals surface area (Å²) in [6, 6.07) is 0. The second-order valence-electron chi connectivity index (χ2n) is 3.93. The smallest absolute Gasteiger partial charge is 0.163 e. The van der Waals surface area contributed by atoms with Gasteiger partial charge in [-0.25, -0.2) is 0 Å². The Kier molecular flexibility index (Phi) is 1.75. The predicted molar refractivity (Wildman–Crippen MR) is 46.4 cm³/mol. The Morgan fingerprint density at radius 1 is 1.18 bits per heavy atom. The third-order valence-corrected chi connectivity index (χ3v) is 4.23. The molecule has 0 amide bonds. The third kappa shape index (κ3) is 1.44. The monoisotopic (exact) mass is 174 g/mol. The fraction of sp³-hybridized carbons (Fsp3) is 1.00. The van der Waals surface area contributed by atoms with Gasteiger partial charge in [-0.05, 0) is 32.8 Å². The Balaban J connectivity index is 2.04. The lowest BCUT2D eigenvalue weighted by atomic mass is 10.3. The van der Waals surface area contributed by atoms with E-state index >= 15 is 0 Å². The van der Waals surface area contributed by atoms with E-state index in [2.05, 4.69) is 6.66 Å². The van der Waals surface area contributed by atoms with Gasteiger partial charge in [-0.15, -0.1) is 7.92 Å². The molecular weight excluding hydrogens is 159 g/mol. The van der Waals surface area contributed by atoms with Crippen LogP contribution in [0.3, 0.4) is 0 Å². The zero-order valence-electron chi connectivity index (χ0n) is 7.33. The second kappa shape index (κ2) is 2.42. The molecule has 3 atom stereocenters. The van der Waals surface area contributed by atoms with Crippen molar-refractivity contribution in [1.29, 1.82) is 0 Å². The minimum atomic E-state index is -0.314. The molecule has 2 saturated heterocycles. The fourth-order valence-corrected chi connectivity index (χ4v) is 3.90. The summed E-state index contributed by atoms with van der Waals surface area (Å²) in [5.41, 5.74) is 0. The van der Waals surface area contributed by atoms with Crippen LogP contribution in [0.4, 0.5) is 0 Å². The van der Waals surface area contributed by atoms with Crippen LogP contribution in [0.15, 0.2) is 0 Å². The van der Waals surface area contributed by atoms with E-state index in [4.69, 9.17) is 9.47 Å². The molecule has 0 N–H and O–H groups in total. The molecule has 0 aliphatic carbocycles. The summed E-state index contributed by atoms with van der Waals surface area (Å²) in [4.78, 5) is 0. The molecule has 0 aromatic rings. The maximum absolute atomic E-state index is 5.74. The fourth-order valence-electron chi connectivity index (χ4n) is 1.91. The summed E-state index contributed by atoms with van der Waals surface area (Å²) in [5, 5.41) is 0. The van der Waals surface area contributed by atoms with Gasteiger partial charge in [0.05, 0.1) is 12.2 Å². The number of hydrogen-bond donors (Lipinski definition) is 0. The van der Waals surface area contributed by atoms with Crippen LogP contribution in [0, 0.1) is 0 Å². The lowest BCUT2D eigenvalue weighted by Gasteiger charge is -2.19. The van der Waals surface area contributed by atoms with Crippen molar-refractivity contribution in [2.24, 2.45) is 0 Å². The van der Waals surface area contributed by atoms with Crippen LogP contribution in [-0.2, 0) is 9.47 Å². The lowest BCUT2D eigenvalue weighted by Crippen LogP contribution is -2.22. The Bertz CT molecular complexity index is 153. The molecule has 64 valence electrons. The highest BCUT2D eigenvalue weighted by Crippen LogP contribution is 2.47. The Hall–Kier alpha value is 0.350. The predicted octanol–water partition coefficient (Wildman–Crippen LogP) is 1.63. The van der Waals surface area contributed by atoms with E-state index in [1.54, 1.807) is 0 Å². The molecule has 2 fully saturated rings. The molecule has 0 spiro atoms. The van der Waals surface area contributed by atoms with Gasteiger partial charge in [0.1, 0.15) is 0 Å². The van der Waals surface area contributed by atoms with Crippen LogP contribution < -0.4 is 0 Å². The summed E-state index contributed by atoms with van der Waals surface area (Å²) in [7, 11) is 0.210. The molecule has 2 heterocycles. The minimum Gasteiger partial charge on any atom is -0.344 e. The summed E-state index contributed by atoms with van der Waals surface area (Å²) >= 11 is 0. The molecule has 0 saturated carbocycles. The van der Waals surface area contributed by atoms with Crippen LogP contribution in [0.5, 0.6) is 0 Å². The van der Waals surface area contributed by atoms with Gasteiger partial charge < -0.3 is 9.47 Å². The standard InChI is InChI=1S/C8H15O2P/c1-8(2)9-6-4-11(3)5-7(6)10-8/h6-7H,4-5H2,1-3H3/t6-,7?,11?/m1/s1. The average Bonchev–Trinajstić information content (AvgIpc) is 2.17. The van der Waals surface area contributed by atoms with Crippen molar-refractivity contribution in [3.63, 3.8) is 0 Å². The SMILES string of the molecule is CP1CC2OC(C)(C)O[C@@H]2C1. The maximum Gasteiger partial charge on any atom is 0.163 e. The summed E-state index contributed by atoms with van der Waals surface area (Å²) in [5.74, 6) is -0.314. The number of fused-ring (bicyclic) bond motifs is 1. The first kappa shape index (κ1) is 7.97.